The van der Waals surface area contributed by atoms with Gasteiger partial charge in [0, 0.05) is 6.54 Å². The first-order valence-corrected chi connectivity index (χ1v) is 5.94. The number of aliphatic carboxylic acids is 1. The van der Waals surface area contributed by atoms with Crippen LogP contribution < -0.4 is 5.32 Å². The van der Waals surface area contributed by atoms with Crippen LogP contribution in [0.1, 0.15) is 30.5 Å². The predicted octanol–water partition coefficient (Wildman–Crippen LogP) is 2.50. The lowest BCUT2D eigenvalue weighted by Gasteiger charge is -2.18. The standard InChI is InChI=1S/C14H21NO2/c1-9(2)13(14(16)17)15-8-12-7-10(3)5-6-11(12)4/h5-7,9,13,15H,8H2,1-4H3,(H,16,17)/t13-/m1/s1. The van der Waals surface area contributed by atoms with Gasteiger partial charge in [0.15, 0.2) is 0 Å². The lowest BCUT2D eigenvalue weighted by molar-refractivity contribution is -0.140. The third kappa shape index (κ3) is 3.86. The molecule has 1 rings (SSSR count). The van der Waals surface area contributed by atoms with Gasteiger partial charge in [-0.05, 0) is 30.9 Å². The molecule has 0 aromatic heterocycles. The van der Waals surface area contributed by atoms with Gasteiger partial charge in [-0.25, -0.2) is 0 Å². The van der Waals surface area contributed by atoms with E-state index < -0.39 is 12.0 Å². The molecule has 0 fully saturated rings. The number of rotatable bonds is 5. The van der Waals surface area contributed by atoms with Crippen molar-refractivity contribution in [1.82, 2.24) is 5.32 Å². The SMILES string of the molecule is Cc1ccc(C)c(CN[C@@H](C(=O)O)C(C)C)c1. The summed E-state index contributed by atoms with van der Waals surface area (Å²) in [6, 6.07) is 5.74. The van der Waals surface area contributed by atoms with Crippen LogP contribution in [0.25, 0.3) is 0 Å². The van der Waals surface area contributed by atoms with Gasteiger partial charge in [-0.1, -0.05) is 37.6 Å². The van der Waals surface area contributed by atoms with Crippen LogP contribution in [0.2, 0.25) is 0 Å². The van der Waals surface area contributed by atoms with Gasteiger partial charge < -0.3 is 10.4 Å². The summed E-state index contributed by atoms with van der Waals surface area (Å²) in [7, 11) is 0. The Morgan fingerprint density at radius 3 is 2.53 bits per heavy atom. The smallest absolute Gasteiger partial charge is 0.320 e. The van der Waals surface area contributed by atoms with Gasteiger partial charge in [0.1, 0.15) is 6.04 Å². The average Bonchev–Trinajstić information content (AvgIpc) is 2.22. The maximum Gasteiger partial charge on any atom is 0.320 e. The zero-order valence-electron chi connectivity index (χ0n) is 10.9. The fourth-order valence-corrected chi connectivity index (χ4v) is 1.82. The number of aryl methyl sites for hydroxylation is 2. The number of hydrogen-bond donors (Lipinski definition) is 2. The molecule has 17 heavy (non-hydrogen) atoms. The second-order valence-corrected chi connectivity index (χ2v) is 4.87. The Labute approximate surface area is 103 Å². The van der Waals surface area contributed by atoms with E-state index in [1.807, 2.05) is 27.7 Å². The van der Waals surface area contributed by atoms with Crippen molar-refractivity contribution in [2.45, 2.75) is 40.3 Å². The average molecular weight is 235 g/mol. The summed E-state index contributed by atoms with van der Waals surface area (Å²) in [6.45, 7) is 8.51. The molecular weight excluding hydrogens is 214 g/mol. The lowest BCUT2D eigenvalue weighted by atomic mass is 10.0. The summed E-state index contributed by atoms with van der Waals surface area (Å²) in [5.74, 6) is -0.706. The molecule has 0 amide bonds. The van der Waals surface area contributed by atoms with Crippen molar-refractivity contribution in [2.75, 3.05) is 0 Å². The second kappa shape index (κ2) is 5.82. The Bertz CT molecular complexity index is 399. The Hall–Kier alpha value is -1.35. The van der Waals surface area contributed by atoms with E-state index in [1.165, 1.54) is 11.1 Å². The molecule has 0 spiro atoms. The van der Waals surface area contributed by atoms with Crippen LogP contribution in [0.4, 0.5) is 0 Å². The summed E-state index contributed by atoms with van der Waals surface area (Å²) in [5, 5.41) is 12.2. The molecule has 0 heterocycles. The molecule has 0 unspecified atom stereocenters. The highest BCUT2D eigenvalue weighted by Gasteiger charge is 2.20. The van der Waals surface area contributed by atoms with Crippen molar-refractivity contribution in [1.29, 1.82) is 0 Å². The highest BCUT2D eigenvalue weighted by Crippen LogP contribution is 2.11. The lowest BCUT2D eigenvalue weighted by Crippen LogP contribution is -2.40. The van der Waals surface area contributed by atoms with Gasteiger partial charge >= 0.3 is 5.97 Å². The molecule has 0 aliphatic rings. The molecule has 2 N–H and O–H groups in total. The zero-order valence-corrected chi connectivity index (χ0v) is 10.9. The Kier molecular flexibility index (Phi) is 4.70. The molecule has 0 aliphatic carbocycles. The summed E-state index contributed by atoms with van der Waals surface area (Å²) < 4.78 is 0. The maximum atomic E-state index is 11.1. The van der Waals surface area contributed by atoms with Gasteiger partial charge in [-0.3, -0.25) is 4.79 Å². The highest BCUT2D eigenvalue weighted by molar-refractivity contribution is 5.73. The number of carboxylic acid groups (broad SMARTS) is 1. The molecule has 0 radical (unpaired) electrons. The second-order valence-electron chi connectivity index (χ2n) is 4.87. The molecule has 0 saturated carbocycles. The van der Waals surface area contributed by atoms with E-state index in [1.54, 1.807) is 0 Å². The summed E-state index contributed by atoms with van der Waals surface area (Å²) in [4.78, 5) is 11.1. The molecule has 0 aliphatic heterocycles. The van der Waals surface area contributed by atoms with Crippen molar-refractivity contribution in [2.24, 2.45) is 5.92 Å². The van der Waals surface area contributed by atoms with Gasteiger partial charge in [-0.2, -0.15) is 0 Å². The minimum Gasteiger partial charge on any atom is -0.480 e. The van der Waals surface area contributed by atoms with E-state index in [0.717, 1.165) is 5.56 Å². The highest BCUT2D eigenvalue weighted by atomic mass is 16.4. The third-order valence-corrected chi connectivity index (χ3v) is 2.95. The molecular formula is C14H21NO2. The van der Waals surface area contributed by atoms with E-state index >= 15 is 0 Å². The van der Waals surface area contributed by atoms with Crippen molar-refractivity contribution in [3.8, 4) is 0 Å². The van der Waals surface area contributed by atoms with Crippen molar-refractivity contribution in [3.05, 3.63) is 34.9 Å². The molecule has 1 aromatic carbocycles. The largest absolute Gasteiger partial charge is 0.480 e. The van der Waals surface area contributed by atoms with Gasteiger partial charge in [0.25, 0.3) is 0 Å². The van der Waals surface area contributed by atoms with E-state index in [-0.39, 0.29) is 5.92 Å². The first kappa shape index (κ1) is 13.7. The van der Waals surface area contributed by atoms with Gasteiger partial charge in [-0.15, -0.1) is 0 Å². The molecule has 94 valence electrons. The summed E-state index contributed by atoms with van der Waals surface area (Å²) >= 11 is 0. The van der Waals surface area contributed by atoms with Crippen LogP contribution in [0.5, 0.6) is 0 Å². The van der Waals surface area contributed by atoms with Crippen molar-refractivity contribution >= 4 is 5.97 Å². The minimum atomic E-state index is -0.787. The molecule has 1 atom stereocenters. The van der Waals surface area contributed by atoms with E-state index in [9.17, 15) is 4.79 Å². The van der Waals surface area contributed by atoms with E-state index in [4.69, 9.17) is 5.11 Å². The van der Waals surface area contributed by atoms with Crippen molar-refractivity contribution < 1.29 is 9.90 Å². The molecule has 0 saturated heterocycles. The van der Waals surface area contributed by atoms with Crippen LogP contribution in [0.15, 0.2) is 18.2 Å². The van der Waals surface area contributed by atoms with Crippen LogP contribution >= 0.6 is 0 Å². The third-order valence-electron chi connectivity index (χ3n) is 2.95. The van der Waals surface area contributed by atoms with Crippen LogP contribution in [-0.2, 0) is 11.3 Å². The van der Waals surface area contributed by atoms with Gasteiger partial charge in [0.2, 0.25) is 0 Å². The minimum absolute atomic E-state index is 0.0811. The number of benzene rings is 1. The molecule has 0 bridgehead atoms. The number of nitrogens with one attached hydrogen (secondary N) is 1. The summed E-state index contributed by atoms with van der Waals surface area (Å²) in [5.41, 5.74) is 3.55. The summed E-state index contributed by atoms with van der Waals surface area (Å²) in [6.07, 6.45) is 0. The van der Waals surface area contributed by atoms with E-state index in [0.29, 0.717) is 6.54 Å². The first-order valence-electron chi connectivity index (χ1n) is 5.94. The molecule has 3 nitrogen and oxygen atoms in total. The quantitative estimate of drug-likeness (QED) is 0.824. The Balaban J connectivity index is 2.72. The Morgan fingerprint density at radius 1 is 1.35 bits per heavy atom. The van der Waals surface area contributed by atoms with E-state index in [2.05, 4.69) is 23.5 Å². The zero-order chi connectivity index (χ0) is 13.0. The first-order chi connectivity index (χ1) is 7.91. The maximum absolute atomic E-state index is 11.1. The predicted molar refractivity (Wildman–Crippen MR) is 69.0 cm³/mol. The fraction of sp³-hybridized carbons (Fsp3) is 0.500. The van der Waals surface area contributed by atoms with Crippen LogP contribution in [-0.4, -0.2) is 17.1 Å². The number of hydrogen-bond acceptors (Lipinski definition) is 2. The molecule has 1 aromatic rings. The number of carboxylic acids is 1. The molecule has 3 heteroatoms. The van der Waals surface area contributed by atoms with Gasteiger partial charge in [0.05, 0.1) is 0 Å². The monoisotopic (exact) mass is 235 g/mol. The normalized spacial score (nSPS) is 12.8. The fourth-order valence-electron chi connectivity index (χ4n) is 1.82. The Morgan fingerprint density at radius 2 is 2.00 bits per heavy atom. The number of carbonyl (C=O) groups is 1. The van der Waals surface area contributed by atoms with Crippen LogP contribution in [0.3, 0.4) is 0 Å². The van der Waals surface area contributed by atoms with Crippen molar-refractivity contribution in [3.63, 3.8) is 0 Å². The topological polar surface area (TPSA) is 49.3 Å². The van der Waals surface area contributed by atoms with Crippen LogP contribution in [0, 0.1) is 19.8 Å².